The summed E-state index contributed by atoms with van der Waals surface area (Å²) in [6.07, 6.45) is 3.49. The topological polar surface area (TPSA) is 67.9 Å². The van der Waals surface area contributed by atoms with E-state index in [0.29, 0.717) is 44.7 Å². The summed E-state index contributed by atoms with van der Waals surface area (Å²) in [6.45, 7) is 0. The van der Waals surface area contributed by atoms with Gasteiger partial charge in [-0.3, -0.25) is 9.69 Å². The zero-order valence-corrected chi connectivity index (χ0v) is 20.4. The van der Waals surface area contributed by atoms with E-state index in [4.69, 9.17) is 20.8 Å². The molecule has 3 heterocycles. The number of anilines is 1. The minimum Gasteiger partial charge on any atom is -0.495 e. The molecule has 0 saturated carbocycles. The molecule has 9 heteroatoms. The third kappa shape index (κ3) is 4.65. The van der Waals surface area contributed by atoms with Gasteiger partial charge in [0.1, 0.15) is 11.4 Å². The van der Waals surface area contributed by atoms with E-state index >= 15 is 0 Å². The van der Waals surface area contributed by atoms with E-state index in [0.717, 1.165) is 10.4 Å². The van der Waals surface area contributed by atoms with Crippen molar-refractivity contribution in [1.29, 1.82) is 0 Å². The van der Waals surface area contributed by atoms with Crippen LogP contribution in [0.1, 0.15) is 10.8 Å². The lowest BCUT2D eigenvalue weighted by Gasteiger charge is -2.18. The van der Waals surface area contributed by atoms with Crippen molar-refractivity contribution in [1.82, 2.24) is 4.98 Å². The van der Waals surface area contributed by atoms with Crippen molar-refractivity contribution in [3.63, 3.8) is 0 Å². The van der Waals surface area contributed by atoms with E-state index in [1.54, 1.807) is 53.8 Å². The number of halogens is 1. The molecule has 0 atom stereocenters. The Balaban J connectivity index is 1.42. The van der Waals surface area contributed by atoms with Gasteiger partial charge in [-0.05, 0) is 35.7 Å². The van der Waals surface area contributed by atoms with E-state index in [1.165, 1.54) is 11.8 Å². The summed E-state index contributed by atoms with van der Waals surface area (Å²) in [5.74, 6) is 1.95. The molecule has 1 aliphatic heterocycles. The van der Waals surface area contributed by atoms with Gasteiger partial charge in [0.2, 0.25) is 5.89 Å². The number of oxazole rings is 1. The van der Waals surface area contributed by atoms with Crippen LogP contribution in [-0.4, -0.2) is 23.2 Å². The highest BCUT2D eigenvalue weighted by Crippen LogP contribution is 2.35. The monoisotopic (exact) mass is 507 g/mol. The number of methoxy groups -OCH3 is 1. The van der Waals surface area contributed by atoms with Gasteiger partial charge in [-0.15, -0.1) is 11.3 Å². The SMILES string of the molecule is COc1ccc(N2C(=O)/C(=C\c3cccs3)N=C2SCc2ncc(-c3ccccc3)o2)cc1Cl. The lowest BCUT2D eigenvalue weighted by atomic mass is 10.2. The van der Waals surface area contributed by atoms with Gasteiger partial charge < -0.3 is 9.15 Å². The van der Waals surface area contributed by atoms with E-state index in [2.05, 4.69) is 9.98 Å². The molecule has 6 nitrogen and oxygen atoms in total. The maximum atomic E-state index is 13.3. The summed E-state index contributed by atoms with van der Waals surface area (Å²) in [4.78, 5) is 24.9. The van der Waals surface area contributed by atoms with Crippen molar-refractivity contribution in [2.24, 2.45) is 4.99 Å². The van der Waals surface area contributed by atoms with E-state index in [1.807, 2.05) is 47.8 Å². The van der Waals surface area contributed by atoms with E-state index < -0.39 is 0 Å². The molecular weight excluding hydrogens is 490 g/mol. The molecule has 4 aromatic rings. The first kappa shape index (κ1) is 22.5. The number of thiophene rings is 1. The zero-order valence-electron chi connectivity index (χ0n) is 18.0. The minimum absolute atomic E-state index is 0.227. The molecule has 2 aromatic heterocycles. The Labute approximate surface area is 209 Å². The minimum atomic E-state index is -0.227. The Kier molecular flexibility index (Phi) is 6.53. The van der Waals surface area contributed by atoms with Crippen LogP contribution in [0.4, 0.5) is 5.69 Å². The van der Waals surface area contributed by atoms with Crippen molar-refractivity contribution >= 4 is 57.5 Å². The molecule has 0 radical (unpaired) electrons. The number of amides is 1. The number of aromatic nitrogens is 1. The average Bonchev–Trinajstić information content (AvgIpc) is 3.60. The van der Waals surface area contributed by atoms with Crippen LogP contribution in [0.25, 0.3) is 17.4 Å². The predicted octanol–water partition coefficient (Wildman–Crippen LogP) is 6.74. The molecule has 0 saturated heterocycles. The molecule has 34 heavy (non-hydrogen) atoms. The van der Waals surface area contributed by atoms with Crippen molar-refractivity contribution < 1.29 is 13.9 Å². The zero-order chi connectivity index (χ0) is 23.5. The second kappa shape index (κ2) is 9.89. The molecule has 1 aliphatic rings. The molecule has 2 aromatic carbocycles. The van der Waals surface area contributed by atoms with Crippen molar-refractivity contribution in [3.05, 3.63) is 93.7 Å². The third-order valence-electron chi connectivity index (χ3n) is 4.98. The van der Waals surface area contributed by atoms with Crippen molar-refractivity contribution in [2.75, 3.05) is 12.0 Å². The highest BCUT2D eigenvalue weighted by Gasteiger charge is 2.32. The lowest BCUT2D eigenvalue weighted by Crippen LogP contribution is -2.30. The molecule has 5 rings (SSSR count). The number of carbonyl (C=O) groups is 1. The number of hydrogen-bond donors (Lipinski definition) is 0. The number of carbonyl (C=O) groups excluding carboxylic acids is 1. The summed E-state index contributed by atoms with van der Waals surface area (Å²) >= 11 is 9.26. The molecule has 0 bridgehead atoms. The summed E-state index contributed by atoms with van der Waals surface area (Å²) in [5, 5.41) is 2.89. The number of nitrogens with zero attached hydrogens (tertiary/aromatic N) is 3. The largest absolute Gasteiger partial charge is 0.495 e. The Hall–Kier alpha value is -3.33. The first-order valence-electron chi connectivity index (χ1n) is 10.3. The standard InChI is InChI=1S/C25H18ClN3O3S2/c1-31-21-10-9-17(12-19(21)26)29-24(30)20(13-18-8-5-11-33-18)28-25(29)34-15-23-27-14-22(32-23)16-6-3-2-4-7-16/h2-14H,15H2,1H3/b20-13+. The number of rotatable bonds is 6. The summed E-state index contributed by atoms with van der Waals surface area (Å²) in [5.41, 5.74) is 1.92. The van der Waals surface area contributed by atoms with Crippen LogP contribution in [0.15, 0.2) is 87.3 Å². The maximum Gasteiger partial charge on any atom is 0.283 e. The fourth-order valence-electron chi connectivity index (χ4n) is 3.36. The highest BCUT2D eigenvalue weighted by molar-refractivity contribution is 8.13. The van der Waals surface area contributed by atoms with Crippen LogP contribution in [0.3, 0.4) is 0 Å². The molecule has 1 amide bonds. The second-order valence-corrected chi connectivity index (χ2v) is 9.50. The number of aliphatic imine (C=N–C) groups is 1. The van der Waals surface area contributed by atoms with Gasteiger partial charge in [-0.25, -0.2) is 9.98 Å². The summed E-state index contributed by atoms with van der Waals surface area (Å²) in [7, 11) is 1.55. The fraction of sp³-hybridized carbons (Fsp3) is 0.0800. The van der Waals surface area contributed by atoms with Gasteiger partial charge in [-0.2, -0.15) is 0 Å². The van der Waals surface area contributed by atoms with Crippen LogP contribution in [0.2, 0.25) is 5.02 Å². The highest BCUT2D eigenvalue weighted by atomic mass is 35.5. The molecule has 0 spiro atoms. The average molecular weight is 508 g/mol. The number of thioether (sulfide) groups is 1. The molecule has 0 N–H and O–H groups in total. The van der Waals surface area contributed by atoms with E-state index in [9.17, 15) is 4.79 Å². The fourth-order valence-corrected chi connectivity index (χ4v) is 5.13. The van der Waals surface area contributed by atoms with Crippen LogP contribution in [0.5, 0.6) is 5.75 Å². The predicted molar refractivity (Wildman–Crippen MR) is 138 cm³/mol. The normalized spacial score (nSPS) is 14.6. The van der Waals surface area contributed by atoms with E-state index in [-0.39, 0.29) is 5.91 Å². The molecule has 0 unspecified atom stereocenters. The van der Waals surface area contributed by atoms with Gasteiger partial charge in [0.25, 0.3) is 5.91 Å². The van der Waals surface area contributed by atoms with Crippen LogP contribution < -0.4 is 9.64 Å². The second-order valence-electron chi connectivity index (χ2n) is 7.17. The van der Waals surface area contributed by atoms with Crippen molar-refractivity contribution in [2.45, 2.75) is 5.75 Å². The van der Waals surface area contributed by atoms with Crippen LogP contribution in [-0.2, 0) is 10.5 Å². The molecule has 170 valence electrons. The first-order chi connectivity index (χ1) is 16.6. The van der Waals surface area contributed by atoms with Gasteiger partial charge in [0.05, 0.1) is 29.8 Å². The molecule has 0 fully saturated rings. The van der Waals surface area contributed by atoms with Crippen LogP contribution >= 0.6 is 34.7 Å². The van der Waals surface area contributed by atoms with Gasteiger partial charge in [0.15, 0.2) is 10.9 Å². The van der Waals surface area contributed by atoms with Crippen LogP contribution in [0, 0.1) is 0 Å². The van der Waals surface area contributed by atoms with Gasteiger partial charge >= 0.3 is 0 Å². The Morgan fingerprint density at radius 3 is 2.76 bits per heavy atom. The number of amidine groups is 1. The Morgan fingerprint density at radius 2 is 2.03 bits per heavy atom. The smallest absolute Gasteiger partial charge is 0.283 e. The lowest BCUT2D eigenvalue weighted by molar-refractivity contribution is -0.113. The Morgan fingerprint density at radius 1 is 1.18 bits per heavy atom. The number of benzene rings is 2. The van der Waals surface area contributed by atoms with Gasteiger partial charge in [-0.1, -0.05) is 59.8 Å². The molecular formula is C25H18ClN3O3S2. The maximum absolute atomic E-state index is 13.3. The molecule has 0 aliphatic carbocycles. The van der Waals surface area contributed by atoms with Gasteiger partial charge in [0, 0.05) is 10.4 Å². The van der Waals surface area contributed by atoms with Crippen molar-refractivity contribution in [3.8, 4) is 17.1 Å². The summed E-state index contributed by atoms with van der Waals surface area (Å²) in [6, 6.07) is 18.9. The summed E-state index contributed by atoms with van der Waals surface area (Å²) < 4.78 is 11.2. The quantitative estimate of drug-likeness (QED) is 0.270. The first-order valence-corrected chi connectivity index (χ1v) is 12.5. The number of hydrogen-bond acceptors (Lipinski definition) is 7. The number of ether oxygens (including phenoxy) is 1. The third-order valence-corrected chi connectivity index (χ3v) is 7.02. The Bertz CT molecular complexity index is 1380.